The van der Waals surface area contributed by atoms with Crippen molar-refractivity contribution in [3.8, 4) is 11.5 Å². The summed E-state index contributed by atoms with van der Waals surface area (Å²) in [7, 11) is 0. The second-order valence-corrected chi connectivity index (χ2v) is 7.00. The van der Waals surface area contributed by atoms with Crippen LogP contribution in [0.4, 0.5) is 5.69 Å². The first-order valence-corrected chi connectivity index (χ1v) is 10.3. The first-order valence-electron chi connectivity index (χ1n) is 10.3. The molecule has 2 rings (SSSR count). The van der Waals surface area contributed by atoms with Gasteiger partial charge in [0.25, 0.3) is 0 Å². The predicted octanol–water partition coefficient (Wildman–Crippen LogP) is 4.12. The Kier molecular flexibility index (Phi) is 9.31. The van der Waals surface area contributed by atoms with Crippen molar-refractivity contribution < 1.29 is 9.47 Å². The van der Waals surface area contributed by atoms with E-state index in [4.69, 9.17) is 15.2 Å². The number of likely N-dealkylation sites (N-methyl/N-ethyl adjacent to an activating group) is 1. The van der Waals surface area contributed by atoms with E-state index in [-0.39, 0.29) is 6.10 Å². The summed E-state index contributed by atoms with van der Waals surface area (Å²) in [6.45, 7) is 12.4. The van der Waals surface area contributed by atoms with Gasteiger partial charge in [-0.15, -0.1) is 0 Å². The third kappa shape index (κ3) is 8.03. The van der Waals surface area contributed by atoms with Gasteiger partial charge in [-0.2, -0.15) is 0 Å². The number of guanidine groups is 1. The molecule has 0 unspecified atom stereocenters. The van der Waals surface area contributed by atoms with Crippen LogP contribution in [0.3, 0.4) is 0 Å². The zero-order valence-corrected chi connectivity index (χ0v) is 18.0. The van der Waals surface area contributed by atoms with Crippen LogP contribution in [0, 0.1) is 0 Å². The van der Waals surface area contributed by atoms with Crippen LogP contribution in [0.1, 0.15) is 33.3 Å². The maximum atomic E-state index is 6.06. The molecule has 0 aliphatic rings. The van der Waals surface area contributed by atoms with E-state index in [1.54, 1.807) is 0 Å². The summed E-state index contributed by atoms with van der Waals surface area (Å²) >= 11 is 0. The van der Waals surface area contributed by atoms with E-state index in [9.17, 15) is 0 Å². The number of para-hydroxylation sites is 1. The third-order valence-electron chi connectivity index (χ3n) is 4.45. The number of hydrogen-bond acceptors (Lipinski definition) is 4. The Morgan fingerprint density at radius 1 is 1.07 bits per heavy atom. The lowest BCUT2D eigenvalue weighted by molar-refractivity contribution is 0.221. The highest BCUT2D eigenvalue weighted by Crippen LogP contribution is 2.19. The average Bonchev–Trinajstić information content (AvgIpc) is 2.71. The highest BCUT2D eigenvalue weighted by Gasteiger charge is 2.05. The van der Waals surface area contributed by atoms with Gasteiger partial charge in [-0.3, -0.25) is 0 Å². The molecule has 2 aromatic carbocycles. The van der Waals surface area contributed by atoms with Gasteiger partial charge < -0.3 is 25.4 Å². The summed E-state index contributed by atoms with van der Waals surface area (Å²) in [5.41, 5.74) is 7.94. The van der Waals surface area contributed by atoms with Gasteiger partial charge in [0, 0.05) is 17.8 Å². The predicted molar refractivity (Wildman–Crippen MR) is 121 cm³/mol. The molecule has 6 nitrogen and oxygen atoms in total. The summed E-state index contributed by atoms with van der Waals surface area (Å²) in [6, 6.07) is 15.6. The Morgan fingerprint density at radius 2 is 1.76 bits per heavy atom. The minimum absolute atomic E-state index is 0.148. The minimum atomic E-state index is 0.148. The van der Waals surface area contributed by atoms with Gasteiger partial charge in [0.05, 0.1) is 12.6 Å². The van der Waals surface area contributed by atoms with Crippen LogP contribution in [0.25, 0.3) is 0 Å². The van der Waals surface area contributed by atoms with E-state index in [2.05, 4.69) is 29.1 Å². The number of benzene rings is 2. The van der Waals surface area contributed by atoms with Gasteiger partial charge in [0.2, 0.25) is 0 Å². The number of rotatable bonds is 11. The molecule has 6 heteroatoms. The number of hydrogen-bond donors (Lipinski definition) is 2. The lowest BCUT2D eigenvalue weighted by atomic mass is 10.2. The monoisotopic (exact) mass is 398 g/mol. The molecule has 0 spiro atoms. The summed E-state index contributed by atoms with van der Waals surface area (Å²) < 4.78 is 11.6. The molecule has 3 N–H and O–H groups in total. The topological polar surface area (TPSA) is 72.1 Å². The largest absolute Gasteiger partial charge is 0.492 e. The zero-order chi connectivity index (χ0) is 21.1. The molecular weight excluding hydrogens is 364 g/mol. The van der Waals surface area contributed by atoms with Gasteiger partial charge in [-0.05, 0) is 57.3 Å². The van der Waals surface area contributed by atoms with Gasteiger partial charge in [-0.25, -0.2) is 4.99 Å². The van der Waals surface area contributed by atoms with Gasteiger partial charge in [-0.1, -0.05) is 32.0 Å². The SMILES string of the molecule is CCN(CC)CCOc1ccccc1CN=C(N)Nc1ccc(OC(C)C)cc1. The Balaban J connectivity index is 1.91. The third-order valence-corrected chi connectivity index (χ3v) is 4.45. The molecule has 0 heterocycles. The van der Waals surface area contributed by atoms with E-state index >= 15 is 0 Å². The molecule has 0 fully saturated rings. The second-order valence-electron chi connectivity index (χ2n) is 7.00. The minimum Gasteiger partial charge on any atom is -0.492 e. The normalized spacial score (nSPS) is 11.7. The fraction of sp³-hybridized carbons (Fsp3) is 0.435. The smallest absolute Gasteiger partial charge is 0.193 e. The Bertz CT molecular complexity index is 756. The Labute approximate surface area is 174 Å². The number of anilines is 1. The molecule has 0 bridgehead atoms. The number of aliphatic imine (C=N–C) groups is 1. The van der Waals surface area contributed by atoms with E-state index in [0.29, 0.717) is 19.1 Å². The highest BCUT2D eigenvalue weighted by atomic mass is 16.5. The van der Waals surface area contributed by atoms with E-state index < -0.39 is 0 Å². The van der Waals surface area contributed by atoms with Crippen LogP contribution in [0.2, 0.25) is 0 Å². The fourth-order valence-corrected chi connectivity index (χ4v) is 2.85. The number of nitrogens with one attached hydrogen (secondary N) is 1. The number of ether oxygens (including phenoxy) is 2. The van der Waals surface area contributed by atoms with E-state index in [1.807, 2.05) is 62.4 Å². The van der Waals surface area contributed by atoms with Crippen LogP contribution in [0.5, 0.6) is 11.5 Å². The molecule has 0 amide bonds. The van der Waals surface area contributed by atoms with Crippen molar-refractivity contribution in [2.24, 2.45) is 10.7 Å². The summed E-state index contributed by atoms with van der Waals surface area (Å²) in [5.74, 6) is 2.05. The molecule has 0 aliphatic heterocycles. The van der Waals surface area contributed by atoms with Crippen LogP contribution >= 0.6 is 0 Å². The van der Waals surface area contributed by atoms with Crippen LogP contribution in [0.15, 0.2) is 53.5 Å². The van der Waals surface area contributed by atoms with Crippen LogP contribution < -0.4 is 20.5 Å². The molecule has 0 saturated heterocycles. The van der Waals surface area contributed by atoms with Gasteiger partial charge >= 0.3 is 0 Å². The van der Waals surface area contributed by atoms with Crippen LogP contribution in [-0.2, 0) is 6.54 Å². The maximum absolute atomic E-state index is 6.06. The second kappa shape index (κ2) is 12.0. The van der Waals surface area contributed by atoms with Crippen molar-refractivity contribution in [3.05, 3.63) is 54.1 Å². The first kappa shape index (κ1) is 22.6. The van der Waals surface area contributed by atoms with Crippen molar-refractivity contribution in [2.45, 2.75) is 40.3 Å². The van der Waals surface area contributed by atoms with Crippen molar-refractivity contribution in [1.29, 1.82) is 0 Å². The molecule has 0 atom stereocenters. The molecule has 158 valence electrons. The van der Waals surface area contributed by atoms with Crippen molar-refractivity contribution in [1.82, 2.24) is 4.90 Å². The standard InChI is InChI=1S/C23H34N4O2/c1-5-27(6-2)15-16-28-22-10-8-7-9-19(22)17-25-23(24)26-20-11-13-21(14-12-20)29-18(3)4/h7-14,18H,5-6,15-17H2,1-4H3,(H3,24,25,26). The summed E-state index contributed by atoms with van der Waals surface area (Å²) in [6.07, 6.45) is 0.148. The van der Waals surface area contributed by atoms with Crippen molar-refractivity contribution in [3.63, 3.8) is 0 Å². The lowest BCUT2D eigenvalue weighted by Gasteiger charge is -2.18. The zero-order valence-electron chi connectivity index (χ0n) is 18.0. The summed E-state index contributed by atoms with van der Waals surface area (Å²) in [5, 5.41) is 3.11. The highest BCUT2D eigenvalue weighted by molar-refractivity contribution is 5.92. The lowest BCUT2D eigenvalue weighted by Crippen LogP contribution is -2.28. The average molecular weight is 399 g/mol. The first-order chi connectivity index (χ1) is 14.0. The molecule has 0 aromatic heterocycles. The maximum Gasteiger partial charge on any atom is 0.193 e. The van der Waals surface area contributed by atoms with Crippen molar-refractivity contribution in [2.75, 3.05) is 31.6 Å². The molecule has 29 heavy (non-hydrogen) atoms. The van der Waals surface area contributed by atoms with Gasteiger partial charge in [0.1, 0.15) is 18.1 Å². The molecule has 2 aromatic rings. The number of nitrogens with two attached hydrogens (primary N) is 1. The molecular formula is C23H34N4O2. The Hall–Kier alpha value is -2.73. The van der Waals surface area contributed by atoms with Crippen LogP contribution in [-0.4, -0.2) is 43.2 Å². The Morgan fingerprint density at radius 3 is 2.41 bits per heavy atom. The molecule has 0 aliphatic carbocycles. The molecule has 0 radical (unpaired) electrons. The van der Waals surface area contributed by atoms with E-state index in [1.165, 1.54) is 0 Å². The fourth-order valence-electron chi connectivity index (χ4n) is 2.85. The molecule has 0 saturated carbocycles. The van der Waals surface area contributed by atoms with E-state index in [0.717, 1.165) is 42.4 Å². The summed E-state index contributed by atoms with van der Waals surface area (Å²) in [4.78, 5) is 6.79. The number of nitrogens with zero attached hydrogens (tertiary/aromatic N) is 2. The quantitative estimate of drug-likeness (QED) is 0.440. The van der Waals surface area contributed by atoms with Crippen molar-refractivity contribution >= 4 is 11.6 Å². The van der Waals surface area contributed by atoms with Gasteiger partial charge in [0.15, 0.2) is 5.96 Å².